The highest BCUT2D eigenvalue weighted by Gasteiger charge is 2.40. The van der Waals surface area contributed by atoms with E-state index >= 15 is 0 Å². The predicted molar refractivity (Wildman–Crippen MR) is 102 cm³/mol. The van der Waals surface area contributed by atoms with E-state index in [9.17, 15) is 22.5 Å². The van der Waals surface area contributed by atoms with Crippen LogP contribution in [0.2, 0.25) is 0 Å². The molecule has 154 valence electrons. The van der Waals surface area contributed by atoms with Crippen LogP contribution in [0, 0.1) is 24.4 Å². The van der Waals surface area contributed by atoms with E-state index in [1.807, 2.05) is 0 Å². The molecule has 1 fully saturated rings. The monoisotopic (exact) mass is 425 g/mol. The molecule has 1 atom stereocenters. The van der Waals surface area contributed by atoms with E-state index < -0.39 is 28.6 Å². The molecule has 0 unspecified atom stereocenters. The number of hydrogen-bond donors (Lipinski definition) is 2. The smallest absolute Gasteiger partial charge is 0.244 e. The van der Waals surface area contributed by atoms with Gasteiger partial charge in [0, 0.05) is 38.1 Å². The summed E-state index contributed by atoms with van der Waals surface area (Å²) in [5.41, 5.74) is 1.19. The molecular weight excluding hydrogens is 407 g/mol. The molecule has 1 amide bonds. The van der Waals surface area contributed by atoms with Gasteiger partial charge in [-0.25, -0.2) is 18.2 Å². The highest BCUT2D eigenvalue weighted by Crippen LogP contribution is 2.35. The number of likely N-dealkylation sites (N-methyl/N-ethyl adjacent to an activating group) is 1. The molecule has 1 aromatic carbocycles. The summed E-state index contributed by atoms with van der Waals surface area (Å²) >= 11 is -1.65. The molecule has 1 aliphatic carbocycles. The molecule has 0 spiro atoms. The minimum atomic E-state index is -1.65. The van der Waals surface area contributed by atoms with Crippen LogP contribution >= 0.6 is 0 Å². The lowest BCUT2D eigenvalue weighted by Gasteiger charge is -2.36. The maximum atomic E-state index is 13.4. The van der Waals surface area contributed by atoms with Gasteiger partial charge in [0.2, 0.25) is 11.9 Å². The largest absolute Gasteiger partial charge is 0.611 e. The Morgan fingerprint density at radius 3 is 2.55 bits per heavy atom. The molecule has 11 heteroatoms. The molecule has 0 saturated heterocycles. The van der Waals surface area contributed by atoms with Gasteiger partial charge in [-0.15, -0.1) is 0 Å². The number of aromatic nitrogens is 2. The second-order valence-corrected chi connectivity index (χ2v) is 8.90. The molecule has 1 aliphatic heterocycles. The fourth-order valence-corrected chi connectivity index (χ4v) is 5.03. The number of nitrogens with zero attached hydrogens (tertiary/aromatic N) is 3. The van der Waals surface area contributed by atoms with Crippen molar-refractivity contribution in [2.24, 2.45) is 0 Å². The van der Waals surface area contributed by atoms with Crippen molar-refractivity contribution in [3.8, 4) is 0 Å². The predicted octanol–water partition coefficient (Wildman–Crippen LogP) is 2.34. The van der Waals surface area contributed by atoms with Gasteiger partial charge in [0.25, 0.3) is 0 Å². The van der Waals surface area contributed by atoms with Crippen LogP contribution in [0.25, 0.3) is 0 Å². The highest BCUT2D eigenvalue weighted by molar-refractivity contribution is 7.92. The number of rotatable bonds is 4. The van der Waals surface area contributed by atoms with Crippen molar-refractivity contribution in [2.45, 2.75) is 36.0 Å². The number of hydrogen-bond acceptors (Lipinski definition) is 6. The Kier molecular flexibility index (Phi) is 5.03. The molecule has 0 radical (unpaired) electrons. The van der Waals surface area contributed by atoms with Crippen LogP contribution < -0.4 is 15.5 Å². The van der Waals surface area contributed by atoms with Crippen LogP contribution in [-0.4, -0.2) is 45.3 Å². The van der Waals surface area contributed by atoms with Gasteiger partial charge in [-0.2, -0.15) is 4.98 Å². The average molecular weight is 425 g/mol. The van der Waals surface area contributed by atoms with E-state index in [2.05, 4.69) is 20.6 Å². The zero-order valence-corrected chi connectivity index (χ0v) is 16.4. The van der Waals surface area contributed by atoms with Crippen LogP contribution in [-0.2, 0) is 16.0 Å². The third kappa shape index (κ3) is 3.71. The van der Waals surface area contributed by atoms with Gasteiger partial charge < -0.3 is 20.1 Å². The van der Waals surface area contributed by atoms with Gasteiger partial charge in [-0.1, -0.05) is 0 Å². The number of aryl methyl sites for hydroxylation is 1. The Labute approximate surface area is 167 Å². The zero-order chi connectivity index (χ0) is 20.9. The van der Waals surface area contributed by atoms with Gasteiger partial charge in [0.15, 0.2) is 28.2 Å². The molecule has 7 nitrogen and oxygen atoms in total. The third-order valence-corrected chi connectivity index (χ3v) is 6.69. The average Bonchev–Trinajstić information content (AvgIpc) is 2.62. The van der Waals surface area contributed by atoms with Crippen molar-refractivity contribution in [1.82, 2.24) is 9.97 Å². The van der Waals surface area contributed by atoms with Crippen molar-refractivity contribution in [1.29, 1.82) is 0 Å². The Balaban J connectivity index is 1.42. The standard InChI is InChI=1S/C18H18F3N5O2S/c1-8-16-17(26(2)7-14(27)24-16)25-18(22-8)23-9-3-10(4-9)29(28)11-5-12(19)15(21)13(20)6-11/h5-6,9-10H,3-4,7H2,1-2H3,(H,24,27)(H,22,23,25)/t9-,10+,29-/m0/s1. The van der Waals surface area contributed by atoms with Crippen molar-refractivity contribution in [3.63, 3.8) is 0 Å². The van der Waals surface area contributed by atoms with Gasteiger partial charge in [0.1, 0.15) is 10.9 Å². The fourth-order valence-electron chi connectivity index (χ4n) is 3.40. The van der Waals surface area contributed by atoms with E-state index in [0.29, 0.717) is 36.0 Å². The summed E-state index contributed by atoms with van der Waals surface area (Å²) in [6, 6.07) is 1.49. The molecule has 2 aliphatic rings. The summed E-state index contributed by atoms with van der Waals surface area (Å²) in [5.74, 6) is -3.41. The second-order valence-electron chi connectivity index (χ2n) is 7.17. The Morgan fingerprint density at radius 1 is 1.24 bits per heavy atom. The third-order valence-electron chi connectivity index (χ3n) is 5.00. The lowest BCUT2D eigenvalue weighted by Crippen LogP contribution is -2.44. The molecule has 1 aromatic heterocycles. The Morgan fingerprint density at radius 2 is 1.90 bits per heavy atom. The van der Waals surface area contributed by atoms with Gasteiger partial charge in [0.05, 0.1) is 12.2 Å². The summed E-state index contributed by atoms with van der Waals surface area (Å²) in [7, 11) is 1.76. The van der Waals surface area contributed by atoms with E-state index in [1.165, 1.54) is 0 Å². The normalized spacial score (nSPS) is 21.9. The van der Waals surface area contributed by atoms with Gasteiger partial charge in [-0.3, -0.25) is 4.79 Å². The summed E-state index contributed by atoms with van der Waals surface area (Å²) < 4.78 is 52.3. The first kappa shape index (κ1) is 19.8. The number of benzene rings is 1. The quantitative estimate of drug-likeness (QED) is 0.577. The van der Waals surface area contributed by atoms with Crippen molar-refractivity contribution in [2.75, 3.05) is 29.1 Å². The minimum Gasteiger partial charge on any atom is -0.611 e. The van der Waals surface area contributed by atoms with Crippen LogP contribution in [0.15, 0.2) is 17.0 Å². The summed E-state index contributed by atoms with van der Waals surface area (Å²) in [6.07, 6.45) is 0.971. The summed E-state index contributed by atoms with van der Waals surface area (Å²) in [5, 5.41) is 5.62. The number of amides is 1. The van der Waals surface area contributed by atoms with Crippen LogP contribution in [0.5, 0.6) is 0 Å². The topological polar surface area (TPSA) is 93.2 Å². The van der Waals surface area contributed by atoms with Crippen molar-refractivity contribution >= 4 is 34.5 Å². The lowest BCUT2D eigenvalue weighted by atomic mass is 9.92. The number of carbonyl (C=O) groups is 1. The maximum absolute atomic E-state index is 13.4. The van der Waals surface area contributed by atoms with Crippen LogP contribution in [0.1, 0.15) is 18.5 Å². The van der Waals surface area contributed by atoms with Crippen molar-refractivity contribution in [3.05, 3.63) is 35.3 Å². The molecular formula is C18H18F3N5O2S. The number of anilines is 3. The lowest BCUT2D eigenvalue weighted by molar-refractivity contribution is -0.115. The number of carbonyl (C=O) groups excluding carboxylic acids is 1. The first-order valence-corrected chi connectivity index (χ1v) is 10.2. The highest BCUT2D eigenvalue weighted by atomic mass is 32.2. The molecule has 2 N–H and O–H groups in total. The number of nitrogens with one attached hydrogen (secondary N) is 2. The van der Waals surface area contributed by atoms with E-state index in [4.69, 9.17) is 0 Å². The Hall–Kier alpha value is -2.53. The molecule has 1 saturated carbocycles. The van der Waals surface area contributed by atoms with E-state index in [-0.39, 0.29) is 28.6 Å². The van der Waals surface area contributed by atoms with Gasteiger partial charge >= 0.3 is 0 Å². The molecule has 29 heavy (non-hydrogen) atoms. The van der Waals surface area contributed by atoms with E-state index in [1.54, 1.807) is 18.9 Å². The first-order chi connectivity index (χ1) is 13.7. The van der Waals surface area contributed by atoms with Crippen molar-refractivity contribution < 1.29 is 22.5 Å². The SMILES string of the molecule is Cc1nc(N[C@H]2C[C@@H]([S@+]([O-])c3cc(F)c(F)c(F)c3)C2)nc2c1NC(=O)CN2C. The minimum absolute atomic E-state index is 0.0555. The van der Waals surface area contributed by atoms with Gasteiger partial charge in [-0.05, 0) is 18.1 Å². The molecule has 0 bridgehead atoms. The zero-order valence-electron chi connectivity index (χ0n) is 15.6. The molecule has 4 rings (SSSR count). The fraction of sp³-hybridized carbons (Fsp3) is 0.389. The maximum Gasteiger partial charge on any atom is 0.244 e. The number of halogens is 3. The second kappa shape index (κ2) is 7.38. The molecule has 2 heterocycles. The first-order valence-electron chi connectivity index (χ1n) is 8.94. The van der Waals surface area contributed by atoms with E-state index in [0.717, 1.165) is 12.1 Å². The summed E-state index contributed by atoms with van der Waals surface area (Å²) in [6.45, 7) is 1.96. The van der Waals surface area contributed by atoms with Crippen LogP contribution in [0.3, 0.4) is 0 Å². The summed E-state index contributed by atoms with van der Waals surface area (Å²) in [4.78, 5) is 22.1. The molecule has 2 aromatic rings. The van der Waals surface area contributed by atoms with Crippen LogP contribution in [0.4, 0.5) is 30.6 Å². The Bertz CT molecular complexity index is 963. The number of fused-ring (bicyclic) bond motifs is 1.